The molecular weight excluding hydrogens is 118 g/mol. The summed E-state index contributed by atoms with van der Waals surface area (Å²) in [6.07, 6.45) is 2.14. The highest BCUT2D eigenvalue weighted by molar-refractivity contribution is 7.11. The molecule has 0 spiro atoms. The zero-order chi connectivity index (χ0) is 6.15. The van der Waals surface area contributed by atoms with Crippen molar-refractivity contribution in [3.05, 3.63) is 16.1 Å². The van der Waals surface area contributed by atoms with Gasteiger partial charge in [0.05, 0.1) is 4.88 Å². The fourth-order valence-corrected chi connectivity index (χ4v) is 1.57. The summed E-state index contributed by atoms with van der Waals surface area (Å²) in [5, 5.41) is 1.36. The van der Waals surface area contributed by atoms with Gasteiger partial charge < -0.3 is 0 Å². The number of hydrogen-bond acceptors (Lipinski definition) is 1. The zero-order valence-electron chi connectivity index (χ0n) is 5.43. The second-order valence-corrected chi connectivity index (χ2v) is 3.41. The fraction of sp³-hybridized carbons (Fsp3) is 0.500. The van der Waals surface area contributed by atoms with Crippen molar-refractivity contribution in [3.8, 4) is 0 Å². The zero-order valence-corrected chi connectivity index (χ0v) is 6.25. The smallest absolute Gasteiger partial charge is 0.195 e. The molecule has 8 heavy (non-hydrogen) atoms. The van der Waals surface area contributed by atoms with Gasteiger partial charge in [-0.25, -0.2) is 0 Å². The molecule has 1 aromatic heterocycles. The summed E-state index contributed by atoms with van der Waals surface area (Å²) < 4.78 is 2.14. The Kier molecular flexibility index (Phi) is 1.34. The first-order chi connectivity index (χ1) is 3.70. The molecule has 0 atom stereocenters. The quantitative estimate of drug-likeness (QED) is 0.462. The summed E-state index contributed by atoms with van der Waals surface area (Å²) in [6, 6.07) is 0. The van der Waals surface area contributed by atoms with E-state index in [0.717, 1.165) is 0 Å². The molecule has 44 valence electrons. The van der Waals surface area contributed by atoms with Gasteiger partial charge in [-0.15, -0.1) is 0 Å². The number of aryl methyl sites for hydroxylation is 3. The summed E-state index contributed by atoms with van der Waals surface area (Å²) in [7, 11) is 2.07. The first-order valence-electron chi connectivity index (χ1n) is 2.63. The van der Waals surface area contributed by atoms with Gasteiger partial charge in [-0.05, 0) is 6.92 Å². The van der Waals surface area contributed by atoms with Crippen molar-refractivity contribution in [1.29, 1.82) is 0 Å². The fourth-order valence-electron chi connectivity index (χ4n) is 0.695. The minimum atomic E-state index is 1.36. The molecule has 1 heterocycles. The molecule has 0 bridgehead atoms. The van der Waals surface area contributed by atoms with E-state index < -0.39 is 0 Å². The van der Waals surface area contributed by atoms with Crippen molar-refractivity contribution >= 4 is 11.3 Å². The SMILES string of the molecule is Cc1c[n+](C)c(C)s1. The lowest BCUT2D eigenvalue weighted by atomic mass is 10.6. The van der Waals surface area contributed by atoms with Crippen molar-refractivity contribution in [1.82, 2.24) is 0 Å². The molecule has 0 radical (unpaired) electrons. The van der Waals surface area contributed by atoms with Gasteiger partial charge in [0.1, 0.15) is 7.05 Å². The monoisotopic (exact) mass is 128 g/mol. The molecule has 0 aliphatic carbocycles. The minimum Gasteiger partial charge on any atom is -0.195 e. The predicted molar refractivity (Wildman–Crippen MR) is 35.0 cm³/mol. The van der Waals surface area contributed by atoms with Crippen LogP contribution in [0.25, 0.3) is 0 Å². The Morgan fingerprint density at radius 3 is 2.25 bits per heavy atom. The molecule has 0 N–H and O–H groups in total. The van der Waals surface area contributed by atoms with Crippen LogP contribution in [-0.4, -0.2) is 0 Å². The normalized spacial score (nSPS) is 9.88. The maximum Gasteiger partial charge on any atom is 0.234 e. The van der Waals surface area contributed by atoms with Crippen LogP contribution >= 0.6 is 11.3 Å². The van der Waals surface area contributed by atoms with Gasteiger partial charge in [-0.3, -0.25) is 0 Å². The second-order valence-electron chi connectivity index (χ2n) is 1.97. The van der Waals surface area contributed by atoms with E-state index in [1.165, 1.54) is 9.88 Å². The maximum atomic E-state index is 2.14. The Labute approximate surface area is 53.6 Å². The Bertz CT molecular complexity index is 171. The topological polar surface area (TPSA) is 3.88 Å². The van der Waals surface area contributed by atoms with Crippen LogP contribution in [0.4, 0.5) is 0 Å². The Morgan fingerprint density at radius 1 is 1.50 bits per heavy atom. The van der Waals surface area contributed by atoms with E-state index in [0.29, 0.717) is 0 Å². The van der Waals surface area contributed by atoms with Gasteiger partial charge in [-0.1, -0.05) is 11.3 Å². The van der Waals surface area contributed by atoms with Crippen LogP contribution in [0.3, 0.4) is 0 Å². The van der Waals surface area contributed by atoms with E-state index in [9.17, 15) is 0 Å². The van der Waals surface area contributed by atoms with Crippen molar-refractivity contribution < 1.29 is 4.57 Å². The predicted octanol–water partition coefficient (Wildman–Crippen LogP) is 1.19. The van der Waals surface area contributed by atoms with Crippen LogP contribution in [0.1, 0.15) is 9.88 Å². The Morgan fingerprint density at radius 2 is 2.12 bits per heavy atom. The van der Waals surface area contributed by atoms with Crippen molar-refractivity contribution in [2.24, 2.45) is 7.05 Å². The van der Waals surface area contributed by atoms with Crippen LogP contribution in [0.2, 0.25) is 0 Å². The third-order valence-electron chi connectivity index (χ3n) is 1.18. The molecule has 0 amide bonds. The van der Waals surface area contributed by atoms with E-state index in [4.69, 9.17) is 0 Å². The van der Waals surface area contributed by atoms with Crippen LogP contribution in [0, 0.1) is 13.8 Å². The van der Waals surface area contributed by atoms with Crippen LogP contribution in [-0.2, 0) is 7.05 Å². The molecule has 0 aromatic carbocycles. The lowest BCUT2D eigenvalue weighted by Crippen LogP contribution is -2.27. The number of thiazole rings is 1. The number of hydrogen-bond donors (Lipinski definition) is 0. The summed E-state index contributed by atoms with van der Waals surface area (Å²) in [6.45, 7) is 4.25. The summed E-state index contributed by atoms with van der Waals surface area (Å²) in [5.74, 6) is 0. The molecule has 1 nitrogen and oxygen atoms in total. The van der Waals surface area contributed by atoms with Gasteiger partial charge in [0.15, 0.2) is 6.20 Å². The summed E-state index contributed by atoms with van der Waals surface area (Å²) >= 11 is 1.83. The van der Waals surface area contributed by atoms with E-state index in [1.54, 1.807) is 0 Å². The second kappa shape index (κ2) is 1.86. The molecule has 0 saturated heterocycles. The van der Waals surface area contributed by atoms with E-state index >= 15 is 0 Å². The van der Waals surface area contributed by atoms with E-state index in [2.05, 4.69) is 31.7 Å². The van der Waals surface area contributed by atoms with Crippen molar-refractivity contribution in [2.75, 3.05) is 0 Å². The summed E-state index contributed by atoms with van der Waals surface area (Å²) in [4.78, 5) is 1.38. The first-order valence-corrected chi connectivity index (χ1v) is 3.44. The van der Waals surface area contributed by atoms with Crippen LogP contribution < -0.4 is 4.57 Å². The highest BCUT2D eigenvalue weighted by Gasteiger charge is 2.02. The average molecular weight is 128 g/mol. The molecular formula is C6H10NS+. The third kappa shape index (κ3) is 0.892. The van der Waals surface area contributed by atoms with E-state index in [-0.39, 0.29) is 0 Å². The molecule has 0 aliphatic heterocycles. The van der Waals surface area contributed by atoms with Crippen LogP contribution in [0.15, 0.2) is 6.20 Å². The molecule has 2 heteroatoms. The largest absolute Gasteiger partial charge is 0.234 e. The van der Waals surface area contributed by atoms with Crippen molar-refractivity contribution in [2.45, 2.75) is 13.8 Å². The lowest BCUT2D eigenvalue weighted by molar-refractivity contribution is -0.672. The number of nitrogens with zero attached hydrogens (tertiary/aromatic N) is 1. The van der Waals surface area contributed by atoms with Gasteiger partial charge in [0, 0.05) is 6.92 Å². The third-order valence-corrected chi connectivity index (χ3v) is 2.19. The molecule has 0 fully saturated rings. The maximum absolute atomic E-state index is 2.14. The Hall–Kier alpha value is -0.370. The molecule has 1 rings (SSSR count). The first kappa shape index (κ1) is 5.76. The Balaban J connectivity index is 3.14. The van der Waals surface area contributed by atoms with Gasteiger partial charge in [-0.2, -0.15) is 4.57 Å². The highest BCUT2D eigenvalue weighted by atomic mass is 32.1. The molecule has 0 unspecified atom stereocenters. The number of aromatic nitrogens is 1. The molecule has 0 saturated carbocycles. The standard InChI is InChI=1S/C6H10NS/c1-5-4-7(3)6(2)8-5/h4H,1-3H3/q+1. The molecule has 1 aromatic rings. The van der Waals surface area contributed by atoms with E-state index in [1.807, 2.05) is 11.3 Å². The lowest BCUT2D eigenvalue weighted by Gasteiger charge is -1.74. The van der Waals surface area contributed by atoms with Crippen LogP contribution in [0.5, 0.6) is 0 Å². The van der Waals surface area contributed by atoms with Crippen molar-refractivity contribution in [3.63, 3.8) is 0 Å². The summed E-state index contributed by atoms with van der Waals surface area (Å²) in [5.41, 5.74) is 0. The minimum absolute atomic E-state index is 1.36. The average Bonchev–Trinajstić information content (AvgIpc) is 1.85. The number of rotatable bonds is 0. The van der Waals surface area contributed by atoms with Gasteiger partial charge in [0.2, 0.25) is 5.01 Å². The highest BCUT2D eigenvalue weighted by Crippen LogP contribution is 2.05. The van der Waals surface area contributed by atoms with Gasteiger partial charge >= 0.3 is 0 Å². The molecule has 0 aliphatic rings. The van der Waals surface area contributed by atoms with Gasteiger partial charge in [0.25, 0.3) is 0 Å².